The van der Waals surface area contributed by atoms with Gasteiger partial charge in [-0.05, 0) is 12.1 Å². The minimum atomic E-state index is -0.576. The molecule has 0 spiro atoms. The first-order valence-corrected chi connectivity index (χ1v) is 4.62. The first-order chi connectivity index (χ1) is 8.16. The Balaban J connectivity index is 2.09. The average Bonchev–Trinajstić information content (AvgIpc) is 2.83. The highest BCUT2D eigenvalue weighted by Crippen LogP contribution is 2.18. The summed E-state index contributed by atoms with van der Waals surface area (Å²) in [5, 5.41) is 16.5. The summed E-state index contributed by atoms with van der Waals surface area (Å²) in [6.45, 7) is 0. The molecule has 1 N–H and O–H groups in total. The predicted molar refractivity (Wildman–Crippen MR) is 56.6 cm³/mol. The molecule has 0 amide bonds. The van der Waals surface area contributed by atoms with Gasteiger partial charge in [0, 0.05) is 18.3 Å². The van der Waals surface area contributed by atoms with Crippen LogP contribution in [0.2, 0.25) is 0 Å². The summed E-state index contributed by atoms with van der Waals surface area (Å²) in [5.41, 5.74) is 0.219. The van der Waals surface area contributed by atoms with Crippen molar-refractivity contribution in [3.8, 4) is 5.75 Å². The van der Waals surface area contributed by atoms with E-state index < -0.39 is 10.9 Å². The number of ether oxygens (including phenoxy) is 1. The lowest BCUT2D eigenvalue weighted by Gasteiger charge is -2.01. The number of aromatic amines is 1. The Morgan fingerprint density at radius 1 is 1.35 bits per heavy atom. The number of non-ortho nitro benzene ring substituents is 1. The molecule has 0 aliphatic rings. The van der Waals surface area contributed by atoms with Gasteiger partial charge in [-0.25, -0.2) is 4.79 Å². The van der Waals surface area contributed by atoms with Gasteiger partial charge in [-0.1, -0.05) is 0 Å². The second-order valence-corrected chi connectivity index (χ2v) is 3.13. The number of H-pyrrole nitrogens is 1. The van der Waals surface area contributed by atoms with Gasteiger partial charge in [0.15, 0.2) is 0 Å². The fourth-order valence-electron chi connectivity index (χ4n) is 1.16. The fourth-order valence-corrected chi connectivity index (χ4v) is 1.16. The zero-order chi connectivity index (χ0) is 12.3. The van der Waals surface area contributed by atoms with Crippen molar-refractivity contribution in [3.63, 3.8) is 0 Å². The van der Waals surface area contributed by atoms with E-state index in [1.165, 1.54) is 36.7 Å². The first kappa shape index (κ1) is 10.8. The summed E-state index contributed by atoms with van der Waals surface area (Å²) in [4.78, 5) is 21.4. The number of nitrogens with zero attached hydrogens (tertiary/aromatic N) is 2. The number of benzene rings is 1. The van der Waals surface area contributed by atoms with Crippen molar-refractivity contribution in [1.82, 2.24) is 10.2 Å². The molecule has 7 heteroatoms. The summed E-state index contributed by atoms with van der Waals surface area (Å²) in [6, 6.07) is 5.24. The van der Waals surface area contributed by atoms with Crippen LogP contribution in [0.3, 0.4) is 0 Å². The van der Waals surface area contributed by atoms with E-state index in [-0.39, 0.29) is 17.0 Å². The third-order valence-corrected chi connectivity index (χ3v) is 1.99. The van der Waals surface area contributed by atoms with Crippen LogP contribution in [-0.4, -0.2) is 21.1 Å². The van der Waals surface area contributed by atoms with E-state index in [0.29, 0.717) is 0 Å². The quantitative estimate of drug-likeness (QED) is 0.375. The van der Waals surface area contributed by atoms with Crippen LogP contribution in [0.5, 0.6) is 5.75 Å². The van der Waals surface area contributed by atoms with Crippen LogP contribution in [0.4, 0.5) is 5.69 Å². The molecule has 0 atom stereocenters. The molecule has 0 saturated heterocycles. The summed E-state index contributed by atoms with van der Waals surface area (Å²) in [6.07, 6.45) is 2.72. The van der Waals surface area contributed by atoms with Gasteiger partial charge in [0.1, 0.15) is 5.75 Å². The molecular weight excluding hydrogens is 226 g/mol. The molecule has 0 aliphatic carbocycles. The minimum absolute atomic E-state index is 0.0619. The van der Waals surface area contributed by atoms with Crippen molar-refractivity contribution in [2.24, 2.45) is 0 Å². The molecule has 2 aromatic rings. The fraction of sp³-hybridized carbons (Fsp3) is 0. The van der Waals surface area contributed by atoms with Crippen molar-refractivity contribution in [2.45, 2.75) is 0 Å². The zero-order valence-electron chi connectivity index (χ0n) is 8.49. The highest BCUT2D eigenvalue weighted by atomic mass is 16.6. The van der Waals surface area contributed by atoms with Gasteiger partial charge < -0.3 is 4.74 Å². The Morgan fingerprint density at radius 2 is 2.06 bits per heavy atom. The third kappa shape index (κ3) is 2.46. The van der Waals surface area contributed by atoms with Crippen LogP contribution in [0.1, 0.15) is 10.4 Å². The van der Waals surface area contributed by atoms with Crippen molar-refractivity contribution < 1.29 is 14.5 Å². The molecule has 2 rings (SSSR count). The highest BCUT2D eigenvalue weighted by molar-refractivity contribution is 5.90. The summed E-state index contributed by atoms with van der Waals surface area (Å²) < 4.78 is 4.97. The predicted octanol–water partition coefficient (Wildman–Crippen LogP) is 1.54. The van der Waals surface area contributed by atoms with Crippen molar-refractivity contribution in [1.29, 1.82) is 0 Å². The number of hydrogen-bond acceptors (Lipinski definition) is 5. The Morgan fingerprint density at radius 3 is 2.59 bits per heavy atom. The number of nitro benzene ring substituents is 1. The van der Waals surface area contributed by atoms with Gasteiger partial charge in [-0.3, -0.25) is 15.2 Å². The molecule has 0 saturated carbocycles. The first-order valence-electron chi connectivity index (χ1n) is 4.62. The molecule has 0 aliphatic heterocycles. The average molecular weight is 233 g/mol. The number of esters is 1. The normalized spacial score (nSPS) is 9.88. The molecular formula is C10H7N3O4. The Labute approximate surface area is 95.2 Å². The van der Waals surface area contributed by atoms with Gasteiger partial charge >= 0.3 is 5.97 Å². The monoisotopic (exact) mass is 233 g/mol. The maximum atomic E-state index is 11.5. The molecule has 0 bridgehead atoms. The van der Waals surface area contributed by atoms with E-state index >= 15 is 0 Å². The number of rotatable bonds is 3. The lowest BCUT2D eigenvalue weighted by molar-refractivity contribution is -0.384. The lowest BCUT2D eigenvalue weighted by Crippen LogP contribution is -2.07. The standard InChI is InChI=1S/C10H7N3O4/c14-10(7-5-11-12-6-7)17-9-3-1-8(2-4-9)13(15)16/h1-6H,(H,11,12). The molecule has 0 fully saturated rings. The van der Waals surface area contributed by atoms with Crippen LogP contribution in [0.15, 0.2) is 36.7 Å². The van der Waals surface area contributed by atoms with E-state index in [1.807, 2.05) is 0 Å². The number of aromatic nitrogens is 2. The number of hydrogen-bond donors (Lipinski definition) is 1. The van der Waals surface area contributed by atoms with E-state index in [9.17, 15) is 14.9 Å². The van der Waals surface area contributed by atoms with E-state index in [1.54, 1.807) is 0 Å². The van der Waals surface area contributed by atoms with Gasteiger partial charge in [-0.15, -0.1) is 0 Å². The van der Waals surface area contributed by atoms with Crippen LogP contribution < -0.4 is 4.74 Å². The van der Waals surface area contributed by atoms with Gasteiger partial charge in [0.05, 0.1) is 16.7 Å². The second kappa shape index (κ2) is 4.44. The summed E-state index contributed by atoms with van der Waals surface area (Å²) in [7, 11) is 0. The maximum Gasteiger partial charge on any atom is 0.346 e. The smallest absolute Gasteiger partial charge is 0.346 e. The Hall–Kier alpha value is -2.70. The van der Waals surface area contributed by atoms with Crippen LogP contribution in [0, 0.1) is 10.1 Å². The topological polar surface area (TPSA) is 98.1 Å². The van der Waals surface area contributed by atoms with Crippen molar-refractivity contribution >= 4 is 11.7 Å². The van der Waals surface area contributed by atoms with Crippen molar-refractivity contribution in [2.75, 3.05) is 0 Å². The number of carbonyl (C=O) groups excluding carboxylic acids is 1. The van der Waals surface area contributed by atoms with E-state index in [4.69, 9.17) is 4.74 Å². The minimum Gasteiger partial charge on any atom is -0.423 e. The Bertz CT molecular complexity index is 533. The molecule has 17 heavy (non-hydrogen) atoms. The number of nitro groups is 1. The van der Waals surface area contributed by atoms with Crippen LogP contribution >= 0.6 is 0 Å². The molecule has 0 radical (unpaired) electrons. The molecule has 7 nitrogen and oxygen atoms in total. The summed E-state index contributed by atoms with van der Waals surface area (Å²) >= 11 is 0. The molecule has 1 aromatic heterocycles. The van der Waals surface area contributed by atoms with E-state index in [2.05, 4.69) is 10.2 Å². The molecule has 1 aromatic carbocycles. The largest absolute Gasteiger partial charge is 0.423 e. The molecule has 0 unspecified atom stereocenters. The molecule has 1 heterocycles. The van der Waals surface area contributed by atoms with Gasteiger partial charge in [-0.2, -0.15) is 5.10 Å². The third-order valence-electron chi connectivity index (χ3n) is 1.99. The van der Waals surface area contributed by atoms with Gasteiger partial charge in [0.2, 0.25) is 0 Å². The van der Waals surface area contributed by atoms with Crippen LogP contribution in [0.25, 0.3) is 0 Å². The van der Waals surface area contributed by atoms with Gasteiger partial charge in [0.25, 0.3) is 5.69 Å². The maximum absolute atomic E-state index is 11.5. The van der Waals surface area contributed by atoms with E-state index in [0.717, 1.165) is 0 Å². The van der Waals surface area contributed by atoms with Crippen LogP contribution in [-0.2, 0) is 0 Å². The Kier molecular flexibility index (Phi) is 2.82. The number of nitrogens with one attached hydrogen (secondary N) is 1. The highest BCUT2D eigenvalue weighted by Gasteiger charge is 2.10. The zero-order valence-corrected chi connectivity index (χ0v) is 8.49. The lowest BCUT2D eigenvalue weighted by atomic mass is 10.3. The molecule has 86 valence electrons. The SMILES string of the molecule is O=C(Oc1ccc([N+](=O)[O-])cc1)c1cn[nH]c1. The van der Waals surface area contributed by atoms with Crippen molar-refractivity contribution in [3.05, 3.63) is 52.3 Å². The summed E-state index contributed by atoms with van der Waals surface area (Å²) in [5.74, 6) is -0.339. The number of carbonyl (C=O) groups is 1. The second-order valence-electron chi connectivity index (χ2n) is 3.13.